The number of benzene rings is 1. The summed E-state index contributed by atoms with van der Waals surface area (Å²) in [5.74, 6) is 0.606. The average molecular weight is 379 g/mol. The second-order valence-corrected chi connectivity index (χ2v) is 7.52. The molecule has 1 atom stereocenters. The zero-order chi connectivity index (χ0) is 19.8. The number of ether oxygens (including phenoxy) is 1. The minimum absolute atomic E-state index is 0.113. The van der Waals surface area contributed by atoms with Gasteiger partial charge >= 0.3 is 0 Å². The Kier molecular flexibility index (Phi) is 4.81. The fourth-order valence-electron chi connectivity index (χ4n) is 4.19. The molecule has 1 amide bonds. The normalized spacial score (nSPS) is 19.9. The van der Waals surface area contributed by atoms with E-state index in [1.54, 1.807) is 19.4 Å². The molecule has 1 aliphatic carbocycles. The molecule has 2 N–H and O–H groups in total. The highest BCUT2D eigenvalue weighted by atomic mass is 16.5. The number of pyridine rings is 1. The van der Waals surface area contributed by atoms with E-state index in [9.17, 15) is 9.90 Å². The molecule has 146 valence electrons. The van der Waals surface area contributed by atoms with Crippen molar-refractivity contribution in [3.63, 3.8) is 0 Å². The predicted octanol–water partition coefficient (Wildman–Crippen LogP) is 3.13. The predicted molar refractivity (Wildman–Crippen MR) is 107 cm³/mol. The van der Waals surface area contributed by atoms with Gasteiger partial charge in [-0.2, -0.15) is 0 Å². The molecule has 1 aliphatic rings. The first-order valence-electron chi connectivity index (χ1n) is 9.52. The molecule has 0 aliphatic heterocycles. The maximum Gasteiger partial charge on any atom is 0.268 e. The summed E-state index contributed by atoms with van der Waals surface area (Å²) in [5.41, 5.74) is 3.58. The lowest BCUT2D eigenvalue weighted by atomic mass is 9.75. The van der Waals surface area contributed by atoms with E-state index in [1.807, 2.05) is 48.9 Å². The Morgan fingerprint density at radius 2 is 2.04 bits per heavy atom. The van der Waals surface area contributed by atoms with Gasteiger partial charge in [0.2, 0.25) is 5.88 Å². The van der Waals surface area contributed by atoms with Gasteiger partial charge in [-0.1, -0.05) is 24.3 Å². The Bertz CT molecular complexity index is 965. The summed E-state index contributed by atoms with van der Waals surface area (Å²) in [6.07, 6.45) is 2.79. The SMILES string of the molecule is COc1ccc(C(NC(=O)c2c(C)c3ccccc3n2C)C2CC(O)C2)cn1. The number of para-hydroxylation sites is 1. The smallest absolute Gasteiger partial charge is 0.268 e. The van der Waals surface area contributed by atoms with Gasteiger partial charge in [0.05, 0.1) is 19.3 Å². The van der Waals surface area contributed by atoms with E-state index in [0.717, 1.165) is 22.0 Å². The molecular weight excluding hydrogens is 354 g/mol. The quantitative estimate of drug-likeness (QED) is 0.714. The minimum Gasteiger partial charge on any atom is -0.481 e. The number of hydrogen-bond acceptors (Lipinski definition) is 4. The van der Waals surface area contributed by atoms with Crippen molar-refractivity contribution in [2.24, 2.45) is 13.0 Å². The number of aromatic nitrogens is 2. The third kappa shape index (κ3) is 3.14. The molecule has 6 nitrogen and oxygen atoms in total. The van der Waals surface area contributed by atoms with Crippen LogP contribution in [-0.4, -0.2) is 33.8 Å². The number of aliphatic hydroxyl groups excluding tert-OH is 1. The number of aliphatic hydroxyl groups is 1. The summed E-state index contributed by atoms with van der Waals surface area (Å²) < 4.78 is 7.08. The van der Waals surface area contributed by atoms with Gasteiger partial charge in [-0.3, -0.25) is 4.79 Å². The molecule has 1 saturated carbocycles. The monoisotopic (exact) mass is 379 g/mol. The summed E-state index contributed by atoms with van der Waals surface area (Å²) in [6.45, 7) is 1.98. The molecule has 6 heteroatoms. The molecule has 1 fully saturated rings. The van der Waals surface area contributed by atoms with Crippen LogP contribution in [0, 0.1) is 12.8 Å². The number of methoxy groups -OCH3 is 1. The Hall–Kier alpha value is -2.86. The van der Waals surface area contributed by atoms with Crippen molar-refractivity contribution >= 4 is 16.8 Å². The van der Waals surface area contributed by atoms with Crippen LogP contribution in [0.15, 0.2) is 42.6 Å². The highest BCUT2D eigenvalue weighted by Crippen LogP contribution is 2.38. The highest BCUT2D eigenvalue weighted by molar-refractivity contribution is 6.01. The van der Waals surface area contributed by atoms with Crippen LogP contribution < -0.4 is 10.1 Å². The first-order chi connectivity index (χ1) is 13.5. The van der Waals surface area contributed by atoms with Crippen molar-refractivity contribution in [2.45, 2.75) is 31.9 Å². The molecule has 0 radical (unpaired) electrons. The van der Waals surface area contributed by atoms with E-state index in [4.69, 9.17) is 4.74 Å². The lowest BCUT2D eigenvalue weighted by molar-refractivity contribution is 0.0233. The number of fused-ring (bicyclic) bond motifs is 1. The topological polar surface area (TPSA) is 76.4 Å². The van der Waals surface area contributed by atoms with Crippen molar-refractivity contribution in [2.75, 3.05) is 7.11 Å². The maximum atomic E-state index is 13.2. The average Bonchev–Trinajstić information content (AvgIpc) is 2.95. The van der Waals surface area contributed by atoms with Gasteiger partial charge in [-0.05, 0) is 42.9 Å². The van der Waals surface area contributed by atoms with Crippen LogP contribution in [-0.2, 0) is 7.05 Å². The van der Waals surface area contributed by atoms with Gasteiger partial charge in [0, 0.05) is 30.2 Å². The molecule has 1 aromatic carbocycles. The van der Waals surface area contributed by atoms with Crippen molar-refractivity contribution in [3.8, 4) is 5.88 Å². The minimum atomic E-state index is -0.296. The molecule has 0 bridgehead atoms. The maximum absolute atomic E-state index is 13.2. The number of hydrogen-bond donors (Lipinski definition) is 2. The van der Waals surface area contributed by atoms with Gasteiger partial charge < -0.3 is 19.7 Å². The van der Waals surface area contributed by atoms with Gasteiger partial charge in [0.25, 0.3) is 5.91 Å². The van der Waals surface area contributed by atoms with E-state index in [2.05, 4.69) is 10.3 Å². The number of carbonyl (C=O) groups excluding carboxylic acids is 1. The van der Waals surface area contributed by atoms with Crippen molar-refractivity contribution in [1.29, 1.82) is 0 Å². The van der Waals surface area contributed by atoms with E-state index in [-0.39, 0.29) is 24.0 Å². The van der Waals surface area contributed by atoms with E-state index >= 15 is 0 Å². The van der Waals surface area contributed by atoms with Gasteiger partial charge in [0.15, 0.2) is 0 Å². The Labute approximate surface area is 164 Å². The Morgan fingerprint density at radius 1 is 1.29 bits per heavy atom. The molecule has 0 saturated heterocycles. The van der Waals surface area contributed by atoms with Crippen LogP contribution in [0.4, 0.5) is 0 Å². The van der Waals surface area contributed by atoms with Crippen molar-refractivity contribution < 1.29 is 14.6 Å². The standard InChI is InChI=1S/C22H25N3O3/c1-13-17-6-4-5-7-18(17)25(2)21(13)22(27)24-20(15-10-16(26)11-15)14-8-9-19(28-3)23-12-14/h4-9,12,15-16,20,26H,10-11H2,1-3H3,(H,24,27). The Morgan fingerprint density at radius 3 is 2.64 bits per heavy atom. The summed E-state index contributed by atoms with van der Waals surface area (Å²) >= 11 is 0. The zero-order valence-electron chi connectivity index (χ0n) is 16.3. The van der Waals surface area contributed by atoms with Crippen LogP contribution in [0.2, 0.25) is 0 Å². The van der Waals surface area contributed by atoms with Crippen LogP contribution in [0.25, 0.3) is 10.9 Å². The number of rotatable bonds is 5. The highest BCUT2D eigenvalue weighted by Gasteiger charge is 2.36. The van der Waals surface area contributed by atoms with Gasteiger partial charge in [0.1, 0.15) is 5.69 Å². The van der Waals surface area contributed by atoms with Crippen LogP contribution in [0.3, 0.4) is 0 Å². The summed E-state index contributed by atoms with van der Waals surface area (Å²) in [7, 11) is 3.49. The second kappa shape index (κ2) is 7.28. The lowest BCUT2D eigenvalue weighted by Crippen LogP contribution is -2.42. The molecular formula is C22H25N3O3. The summed E-state index contributed by atoms with van der Waals surface area (Å²) in [6, 6.07) is 11.5. The molecule has 3 aromatic rings. The Balaban J connectivity index is 1.66. The third-order valence-corrected chi connectivity index (χ3v) is 5.81. The van der Waals surface area contributed by atoms with Crippen molar-refractivity contribution in [1.82, 2.24) is 14.9 Å². The van der Waals surface area contributed by atoms with Crippen molar-refractivity contribution in [3.05, 3.63) is 59.4 Å². The third-order valence-electron chi connectivity index (χ3n) is 5.81. The van der Waals surface area contributed by atoms with E-state index in [0.29, 0.717) is 24.4 Å². The fourth-order valence-corrected chi connectivity index (χ4v) is 4.19. The second-order valence-electron chi connectivity index (χ2n) is 7.52. The lowest BCUT2D eigenvalue weighted by Gasteiger charge is -2.38. The molecule has 28 heavy (non-hydrogen) atoms. The molecule has 0 spiro atoms. The number of nitrogens with one attached hydrogen (secondary N) is 1. The van der Waals surface area contributed by atoms with E-state index in [1.165, 1.54) is 0 Å². The van der Waals surface area contributed by atoms with Crippen LogP contribution >= 0.6 is 0 Å². The number of carbonyl (C=O) groups is 1. The fraction of sp³-hybridized carbons (Fsp3) is 0.364. The zero-order valence-corrected chi connectivity index (χ0v) is 16.3. The molecule has 4 rings (SSSR count). The molecule has 2 aromatic heterocycles. The summed E-state index contributed by atoms with van der Waals surface area (Å²) in [4.78, 5) is 17.5. The largest absolute Gasteiger partial charge is 0.481 e. The number of aryl methyl sites for hydroxylation is 2. The first kappa shape index (κ1) is 18.5. The number of amides is 1. The number of nitrogens with zero attached hydrogens (tertiary/aromatic N) is 2. The van der Waals surface area contributed by atoms with Gasteiger partial charge in [-0.25, -0.2) is 4.98 Å². The summed E-state index contributed by atoms with van der Waals surface area (Å²) in [5, 5.41) is 14.1. The van der Waals surface area contributed by atoms with Gasteiger partial charge in [-0.15, -0.1) is 0 Å². The van der Waals surface area contributed by atoms with E-state index < -0.39 is 0 Å². The van der Waals surface area contributed by atoms with Crippen LogP contribution in [0.1, 0.15) is 40.5 Å². The molecule has 1 unspecified atom stereocenters. The van der Waals surface area contributed by atoms with Crippen LogP contribution in [0.5, 0.6) is 5.88 Å². The first-order valence-corrected chi connectivity index (χ1v) is 9.52. The molecule has 2 heterocycles.